The van der Waals surface area contributed by atoms with E-state index in [9.17, 15) is 9.46 Å². The Morgan fingerprint density at radius 3 is 2.57 bits per heavy atom. The van der Waals surface area contributed by atoms with Gasteiger partial charge in [0.25, 0.3) is 0 Å². The fourth-order valence-electron chi connectivity index (χ4n) is 1.17. The van der Waals surface area contributed by atoms with E-state index in [1.807, 2.05) is 37.3 Å². The van der Waals surface area contributed by atoms with E-state index >= 15 is 0 Å². The summed E-state index contributed by atoms with van der Waals surface area (Å²) < 4.78 is 11.6. The molecule has 0 aliphatic rings. The van der Waals surface area contributed by atoms with Crippen LogP contribution >= 0.6 is 7.37 Å². The van der Waals surface area contributed by atoms with Crippen LogP contribution in [0.5, 0.6) is 0 Å². The highest BCUT2D eigenvalue weighted by atomic mass is 31.2. The van der Waals surface area contributed by atoms with Crippen molar-refractivity contribution < 1.29 is 9.46 Å². The highest BCUT2D eigenvalue weighted by Gasteiger charge is 2.13. The van der Waals surface area contributed by atoms with E-state index in [2.05, 4.69) is 0 Å². The van der Waals surface area contributed by atoms with E-state index in [0.717, 1.165) is 12.0 Å². The van der Waals surface area contributed by atoms with Crippen molar-refractivity contribution in [3.05, 3.63) is 47.8 Å². The fourth-order valence-corrected chi connectivity index (χ4v) is 2.55. The summed E-state index contributed by atoms with van der Waals surface area (Å²) in [6, 6.07) is 9.37. The molecule has 0 saturated heterocycles. The summed E-state index contributed by atoms with van der Waals surface area (Å²) >= 11 is 0. The van der Waals surface area contributed by atoms with Gasteiger partial charge >= 0.3 is 0 Å². The molecule has 76 valence electrons. The van der Waals surface area contributed by atoms with Gasteiger partial charge in [-0.2, -0.15) is 0 Å². The Hall–Kier alpha value is -0.850. The average Bonchev–Trinajstić information content (AvgIpc) is 2.16. The fraction of sp³-hybridized carbons (Fsp3) is 0.273. The summed E-state index contributed by atoms with van der Waals surface area (Å²) in [4.78, 5) is 9.57. The van der Waals surface area contributed by atoms with Crippen LogP contribution in [0.25, 0.3) is 0 Å². The van der Waals surface area contributed by atoms with E-state index in [-0.39, 0.29) is 6.16 Å². The quantitative estimate of drug-likeness (QED) is 0.773. The number of allylic oxidation sites excluding steroid dienone is 1. The van der Waals surface area contributed by atoms with Crippen molar-refractivity contribution in [2.75, 3.05) is 0 Å². The highest BCUT2D eigenvalue weighted by molar-refractivity contribution is 7.60. The molecule has 3 heteroatoms. The molecule has 1 N–H and O–H groups in total. The monoisotopic (exact) mass is 210 g/mol. The lowest BCUT2D eigenvalue weighted by molar-refractivity contribution is 0.487. The maximum atomic E-state index is 11.6. The lowest BCUT2D eigenvalue weighted by atomic mass is 10.2. The zero-order chi connectivity index (χ0) is 10.4. The molecule has 1 unspecified atom stereocenters. The van der Waals surface area contributed by atoms with E-state index < -0.39 is 7.37 Å². The summed E-state index contributed by atoms with van der Waals surface area (Å²) in [5, 5.41) is 0. The average molecular weight is 210 g/mol. The third kappa shape index (κ3) is 3.91. The minimum Gasteiger partial charge on any atom is -0.341 e. The van der Waals surface area contributed by atoms with Gasteiger partial charge in [0, 0.05) is 0 Å². The van der Waals surface area contributed by atoms with Gasteiger partial charge in [0.15, 0.2) is 0 Å². The summed E-state index contributed by atoms with van der Waals surface area (Å²) in [5.74, 6) is 1.43. The number of hydrogen-bond donors (Lipinski definition) is 1. The maximum Gasteiger partial charge on any atom is 0.226 e. The van der Waals surface area contributed by atoms with Crippen molar-refractivity contribution in [1.29, 1.82) is 0 Å². The predicted molar refractivity (Wildman–Crippen MR) is 59.4 cm³/mol. The molecule has 0 heterocycles. The number of hydrogen-bond acceptors (Lipinski definition) is 1. The molecule has 0 aliphatic heterocycles. The van der Waals surface area contributed by atoms with Crippen molar-refractivity contribution in [2.45, 2.75) is 19.5 Å². The first kappa shape index (κ1) is 11.2. The third-order valence-corrected chi connectivity index (χ3v) is 3.32. The maximum absolute atomic E-state index is 11.6. The zero-order valence-corrected chi connectivity index (χ0v) is 9.15. The van der Waals surface area contributed by atoms with Gasteiger partial charge in [-0.1, -0.05) is 43.3 Å². The Kier molecular flexibility index (Phi) is 4.12. The molecular weight excluding hydrogens is 195 g/mol. The van der Waals surface area contributed by atoms with Crippen LogP contribution in [0.3, 0.4) is 0 Å². The first-order chi connectivity index (χ1) is 6.64. The van der Waals surface area contributed by atoms with E-state index in [0.29, 0.717) is 0 Å². The summed E-state index contributed by atoms with van der Waals surface area (Å²) in [5.41, 5.74) is 0.902. The summed E-state index contributed by atoms with van der Waals surface area (Å²) in [6.07, 6.45) is 2.76. The topological polar surface area (TPSA) is 37.3 Å². The Morgan fingerprint density at radius 2 is 2.00 bits per heavy atom. The smallest absolute Gasteiger partial charge is 0.226 e. The van der Waals surface area contributed by atoms with Gasteiger partial charge in [0.1, 0.15) is 0 Å². The largest absolute Gasteiger partial charge is 0.341 e. The molecule has 0 bridgehead atoms. The minimum atomic E-state index is -3.11. The molecule has 0 radical (unpaired) electrons. The molecule has 0 spiro atoms. The molecule has 0 aromatic heterocycles. The Balaban J connectivity index is 2.69. The first-order valence-electron chi connectivity index (χ1n) is 4.67. The van der Waals surface area contributed by atoms with Crippen LogP contribution in [0.1, 0.15) is 18.9 Å². The van der Waals surface area contributed by atoms with Crippen LogP contribution in [-0.4, -0.2) is 4.89 Å². The van der Waals surface area contributed by atoms with Crippen molar-refractivity contribution in [2.24, 2.45) is 0 Å². The van der Waals surface area contributed by atoms with Crippen LogP contribution in [0.15, 0.2) is 42.2 Å². The molecule has 1 rings (SSSR count). The molecule has 0 saturated carbocycles. The lowest BCUT2D eigenvalue weighted by Gasteiger charge is -2.05. The molecule has 0 fully saturated rings. The summed E-state index contributed by atoms with van der Waals surface area (Å²) in [7, 11) is -3.11. The second-order valence-electron chi connectivity index (χ2n) is 3.19. The molecule has 0 amide bonds. The minimum absolute atomic E-state index is 0.227. The van der Waals surface area contributed by atoms with Gasteiger partial charge in [0.05, 0.1) is 6.16 Å². The van der Waals surface area contributed by atoms with Gasteiger partial charge in [-0.15, -0.1) is 0 Å². The molecule has 0 aliphatic carbocycles. The van der Waals surface area contributed by atoms with Gasteiger partial charge in [-0.05, 0) is 17.8 Å². The molecule has 1 atom stereocenters. The van der Waals surface area contributed by atoms with Crippen LogP contribution in [0.4, 0.5) is 0 Å². The van der Waals surface area contributed by atoms with Crippen LogP contribution in [0, 0.1) is 0 Å². The Bertz CT molecular complexity index is 344. The number of rotatable bonds is 4. The van der Waals surface area contributed by atoms with Gasteiger partial charge in [-0.3, -0.25) is 4.57 Å². The highest BCUT2D eigenvalue weighted by Crippen LogP contribution is 2.45. The van der Waals surface area contributed by atoms with Crippen molar-refractivity contribution in [3.63, 3.8) is 0 Å². The number of benzene rings is 1. The molecule has 2 nitrogen and oxygen atoms in total. The standard InChI is InChI=1S/C11H15O2P/c1-2-3-9-14(12,13)10-11-7-5-4-6-8-11/h3-9H,2,10H2,1H3,(H,12,13). The second kappa shape index (κ2) is 5.14. The lowest BCUT2D eigenvalue weighted by Crippen LogP contribution is -1.84. The third-order valence-electron chi connectivity index (χ3n) is 1.83. The van der Waals surface area contributed by atoms with Gasteiger partial charge in [-0.25, -0.2) is 0 Å². The first-order valence-corrected chi connectivity index (χ1v) is 6.58. The van der Waals surface area contributed by atoms with Crippen LogP contribution in [-0.2, 0) is 10.7 Å². The molecule has 1 aromatic rings. The normalized spacial score (nSPS) is 15.6. The Morgan fingerprint density at radius 1 is 1.36 bits per heavy atom. The SMILES string of the molecule is CCC=CP(=O)(O)Cc1ccccc1. The van der Waals surface area contributed by atoms with Crippen molar-refractivity contribution in [3.8, 4) is 0 Å². The van der Waals surface area contributed by atoms with E-state index in [1.54, 1.807) is 6.08 Å². The van der Waals surface area contributed by atoms with Crippen LogP contribution in [0.2, 0.25) is 0 Å². The zero-order valence-electron chi connectivity index (χ0n) is 8.26. The van der Waals surface area contributed by atoms with Gasteiger partial charge < -0.3 is 4.89 Å². The van der Waals surface area contributed by atoms with Crippen molar-refractivity contribution >= 4 is 7.37 Å². The van der Waals surface area contributed by atoms with E-state index in [1.165, 1.54) is 5.82 Å². The van der Waals surface area contributed by atoms with Crippen molar-refractivity contribution in [1.82, 2.24) is 0 Å². The Labute approximate surface area is 84.7 Å². The molecule has 1 aromatic carbocycles. The van der Waals surface area contributed by atoms with Gasteiger partial charge in [0.2, 0.25) is 7.37 Å². The van der Waals surface area contributed by atoms with E-state index in [4.69, 9.17) is 0 Å². The molecule has 14 heavy (non-hydrogen) atoms. The second-order valence-corrected chi connectivity index (χ2v) is 5.32. The summed E-state index contributed by atoms with van der Waals surface area (Å²) in [6.45, 7) is 1.94. The van der Waals surface area contributed by atoms with Crippen LogP contribution < -0.4 is 0 Å². The predicted octanol–water partition coefficient (Wildman–Crippen LogP) is 3.38. The molecular formula is C11H15O2P.